The number of esters is 1. The van der Waals surface area contributed by atoms with Gasteiger partial charge in [-0.25, -0.2) is 4.79 Å². The van der Waals surface area contributed by atoms with Crippen molar-refractivity contribution in [2.45, 2.75) is 26.4 Å². The zero-order chi connectivity index (χ0) is 12.5. The van der Waals surface area contributed by atoms with E-state index in [1.807, 2.05) is 0 Å². The molecule has 0 unspecified atom stereocenters. The molecule has 0 saturated carbocycles. The fourth-order valence-electron chi connectivity index (χ4n) is 1.16. The second-order valence-corrected chi connectivity index (χ2v) is 5.31. The lowest BCUT2D eigenvalue weighted by atomic mass is 10.1. The quantitative estimate of drug-likeness (QED) is 0.615. The maximum absolute atomic E-state index is 11.7. The van der Waals surface area contributed by atoms with Crippen molar-refractivity contribution in [1.82, 2.24) is 0 Å². The van der Waals surface area contributed by atoms with Crippen LogP contribution in [0.1, 0.15) is 31.1 Å². The maximum atomic E-state index is 11.7. The average molecular weight is 288 g/mol. The number of aromatic hydroxyl groups is 1. The van der Waals surface area contributed by atoms with Gasteiger partial charge in [-0.1, -0.05) is 15.9 Å². The van der Waals surface area contributed by atoms with E-state index in [4.69, 9.17) is 10.5 Å². The molecule has 0 fully saturated rings. The molecule has 0 atom stereocenters. The van der Waals surface area contributed by atoms with Gasteiger partial charge in [-0.15, -0.1) is 0 Å². The lowest BCUT2D eigenvalue weighted by molar-refractivity contribution is 0.00681. The van der Waals surface area contributed by atoms with E-state index in [0.717, 1.165) is 0 Å². The highest BCUT2D eigenvalue weighted by molar-refractivity contribution is 9.10. The third-order valence-electron chi connectivity index (χ3n) is 1.72. The molecular weight excluding hydrogens is 274 g/mol. The van der Waals surface area contributed by atoms with Crippen LogP contribution in [0.4, 0.5) is 5.69 Å². The molecule has 3 N–H and O–H groups in total. The van der Waals surface area contributed by atoms with Gasteiger partial charge in [0, 0.05) is 4.47 Å². The molecule has 0 aromatic heterocycles. The van der Waals surface area contributed by atoms with Gasteiger partial charge in [0.2, 0.25) is 0 Å². The van der Waals surface area contributed by atoms with Crippen LogP contribution in [0, 0.1) is 0 Å². The molecule has 1 rings (SSSR count). The molecule has 0 aliphatic rings. The molecule has 1 aromatic rings. The van der Waals surface area contributed by atoms with E-state index >= 15 is 0 Å². The fourth-order valence-corrected chi connectivity index (χ4v) is 1.63. The summed E-state index contributed by atoms with van der Waals surface area (Å²) in [6.07, 6.45) is 0. The van der Waals surface area contributed by atoms with Crippen LogP contribution >= 0.6 is 15.9 Å². The molecule has 0 saturated heterocycles. The van der Waals surface area contributed by atoms with Crippen LogP contribution in [0.2, 0.25) is 0 Å². The Morgan fingerprint density at radius 3 is 2.44 bits per heavy atom. The summed E-state index contributed by atoms with van der Waals surface area (Å²) >= 11 is 3.17. The van der Waals surface area contributed by atoms with Crippen molar-refractivity contribution < 1.29 is 14.6 Å². The Morgan fingerprint density at radius 2 is 2.00 bits per heavy atom. The molecule has 5 heteroatoms. The van der Waals surface area contributed by atoms with Gasteiger partial charge in [0.15, 0.2) is 0 Å². The normalized spacial score (nSPS) is 11.2. The number of nitrogen functional groups attached to an aromatic ring is 1. The number of benzene rings is 1. The number of carbonyl (C=O) groups excluding carboxylic acids is 1. The number of phenolic OH excluding ortho intramolecular Hbond substituents is 1. The van der Waals surface area contributed by atoms with Crippen LogP contribution in [0.5, 0.6) is 5.75 Å². The topological polar surface area (TPSA) is 72.5 Å². The third-order valence-corrected chi connectivity index (χ3v) is 2.17. The molecular formula is C11H14BrNO3. The SMILES string of the molecule is CC(C)(C)OC(=O)c1c(N)cc(Br)cc1O. The Kier molecular flexibility index (Phi) is 3.48. The Labute approximate surface area is 103 Å². The van der Waals surface area contributed by atoms with Gasteiger partial charge in [0.1, 0.15) is 16.9 Å². The first kappa shape index (κ1) is 12.8. The first-order valence-corrected chi connectivity index (χ1v) is 5.51. The first-order valence-electron chi connectivity index (χ1n) is 4.72. The highest BCUT2D eigenvalue weighted by atomic mass is 79.9. The van der Waals surface area contributed by atoms with Crippen molar-refractivity contribution >= 4 is 27.6 Å². The molecule has 4 nitrogen and oxygen atoms in total. The van der Waals surface area contributed by atoms with Crippen LogP contribution in [0.3, 0.4) is 0 Å². The number of anilines is 1. The average Bonchev–Trinajstić information content (AvgIpc) is 1.96. The van der Waals surface area contributed by atoms with Crippen LogP contribution in [0.15, 0.2) is 16.6 Å². The van der Waals surface area contributed by atoms with Gasteiger partial charge in [0.25, 0.3) is 0 Å². The van der Waals surface area contributed by atoms with E-state index < -0.39 is 11.6 Å². The summed E-state index contributed by atoms with van der Waals surface area (Å²) in [5.74, 6) is -0.823. The van der Waals surface area contributed by atoms with Gasteiger partial charge < -0.3 is 15.6 Å². The molecule has 0 heterocycles. The van der Waals surface area contributed by atoms with Crippen LogP contribution in [0.25, 0.3) is 0 Å². The maximum Gasteiger partial charge on any atom is 0.344 e. The van der Waals surface area contributed by atoms with E-state index in [2.05, 4.69) is 15.9 Å². The molecule has 0 bridgehead atoms. The summed E-state index contributed by atoms with van der Waals surface area (Å²) in [5.41, 5.74) is 5.21. The summed E-state index contributed by atoms with van der Waals surface area (Å²) in [6.45, 7) is 5.24. The Balaban J connectivity index is 3.10. The fraction of sp³-hybridized carbons (Fsp3) is 0.364. The molecule has 0 spiro atoms. The summed E-state index contributed by atoms with van der Waals surface area (Å²) in [4.78, 5) is 11.7. The van der Waals surface area contributed by atoms with Crippen molar-refractivity contribution in [1.29, 1.82) is 0 Å². The Morgan fingerprint density at radius 1 is 1.44 bits per heavy atom. The first-order chi connectivity index (χ1) is 7.20. The highest BCUT2D eigenvalue weighted by Crippen LogP contribution is 2.30. The van der Waals surface area contributed by atoms with E-state index in [0.29, 0.717) is 4.47 Å². The smallest absolute Gasteiger partial charge is 0.344 e. The monoisotopic (exact) mass is 287 g/mol. The van der Waals surface area contributed by atoms with Crippen molar-refractivity contribution in [3.8, 4) is 5.75 Å². The minimum absolute atomic E-state index is 0.00174. The van der Waals surface area contributed by atoms with Crippen LogP contribution in [-0.4, -0.2) is 16.7 Å². The number of nitrogens with two attached hydrogens (primary N) is 1. The minimum Gasteiger partial charge on any atom is -0.507 e. The molecule has 16 heavy (non-hydrogen) atoms. The Hall–Kier alpha value is -1.23. The molecule has 1 aromatic carbocycles. The van der Waals surface area contributed by atoms with Gasteiger partial charge >= 0.3 is 5.97 Å². The number of hydrogen-bond acceptors (Lipinski definition) is 4. The van der Waals surface area contributed by atoms with Gasteiger partial charge in [0.05, 0.1) is 5.69 Å². The molecule has 0 amide bonds. The van der Waals surface area contributed by atoms with Crippen molar-refractivity contribution in [3.05, 3.63) is 22.2 Å². The van der Waals surface area contributed by atoms with Crippen LogP contribution in [-0.2, 0) is 4.74 Å². The lowest BCUT2D eigenvalue weighted by Gasteiger charge is -2.20. The summed E-state index contributed by atoms with van der Waals surface area (Å²) in [7, 11) is 0. The number of carbonyl (C=O) groups is 1. The Bertz CT molecular complexity index is 401. The highest BCUT2D eigenvalue weighted by Gasteiger charge is 2.22. The predicted octanol–water partition coefficient (Wildman–Crippen LogP) is 2.69. The second kappa shape index (κ2) is 4.33. The second-order valence-electron chi connectivity index (χ2n) is 4.39. The molecule has 0 aliphatic heterocycles. The van der Waals surface area contributed by atoms with E-state index in [-0.39, 0.29) is 17.0 Å². The third kappa shape index (κ3) is 3.13. The van der Waals surface area contributed by atoms with E-state index in [9.17, 15) is 9.90 Å². The van der Waals surface area contributed by atoms with Crippen LogP contribution < -0.4 is 5.73 Å². The van der Waals surface area contributed by atoms with Crippen molar-refractivity contribution in [2.75, 3.05) is 5.73 Å². The molecule has 88 valence electrons. The summed E-state index contributed by atoms with van der Waals surface area (Å²) in [5, 5.41) is 9.63. The van der Waals surface area contributed by atoms with Gasteiger partial charge in [-0.2, -0.15) is 0 Å². The zero-order valence-electron chi connectivity index (χ0n) is 9.37. The number of ether oxygens (including phenoxy) is 1. The minimum atomic E-state index is -0.630. The zero-order valence-corrected chi connectivity index (χ0v) is 11.0. The van der Waals surface area contributed by atoms with Crippen molar-refractivity contribution in [2.24, 2.45) is 0 Å². The number of rotatable bonds is 1. The van der Waals surface area contributed by atoms with Crippen molar-refractivity contribution in [3.63, 3.8) is 0 Å². The van der Waals surface area contributed by atoms with E-state index in [1.54, 1.807) is 26.8 Å². The summed E-state index contributed by atoms with van der Waals surface area (Å²) in [6, 6.07) is 2.94. The standard InChI is InChI=1S/C11H14BrNO3/c1-11(2,3)16-10(15)9-7(13)4-6(12)5-8(9)14/h4-5,14H,13H2,1-3H3. The number of halogens is 1. The van der Waals surface area contributed by atoms with E-state index in [1.165, 1.54) is 6.07 Å². The predicted molar refractivity (Wildman–Crippen MR) is 65.4 cm³/mol. The van der Waals surface area contributed by atoms with Gasteiger partial charge in [-0.05, 0) is 32.9 Å². The lowest BCUT2D eigenvalue weighted by Crippen LogP contribution is -2.24. The number of hydrogen-bond donors (Lipinski definition) is 2. The largest absolute Gasteiger partial charge is 0.507 e. The summed E-state index contributed by atoms with van der Waals surface area (Å²) < 4.78 is 5.74. The molecule has 0 radical (unpaired) electrons. The number of phenols is 1. The molecule has 0 aliphatic carbocycles. The van der Waals surface area contributed by atoms with Gasteiger partial charge in [-0.3, -0.25) is 0 Å².